The van der Waals surface area contributed by atoms with E-state index in [0.29, 0.717) is 5.56 Å². The van der Waals surface area contributed by atoms with Crippen molar-refractivity contribution < 1.29 is 13.2 Å². The number of rotatable bonds is 2. The quantitative estimate of drug-likeness (QED) is 0.508. The van der Waals surface area contributed by atoms with Gasteiger partial charge in [-0.15, -0.1) is 11.3 Å². The van der Waals surface area contributed by atoms with Gasteiger partial charge < -0.3 is 0 Å². The molecule has 0 aliphatic heterocycles. The Kier molecular flexibility index (Phi) is 3.56. The summed E-state index contributed by atoms with van der Waals surface area (Å²) in [6.07, 6.45) is 0. The third kappa shape index (κ3) is 2.47. The Bertz CT molecular complexity index is 782. The van der Waals surface area contributed by atoms with Crippen LogP contribution in [-0.2, 0) is 0 Å². The molecule has 0 N–H and O–H groups in total. The molecule has 20 heavy (non-hydrogen) atoms. The van der Waals surface area contributed by atoms with Crippen molar-refractivity contribution in [1.82, 2.24) is 0 Å². The lowest BCUT2D eigenvalue weighted by Gasteiger charge is -2.09. The standard InChI is InChI=1S/C15H8BrF3S/c16-15(11-4-3-9(17)6-12(11)19)14-5-8-1-2-10(18)7-13(8)20-14/h1-7,15H. The summed E-state index contributed by atoms with van der Waals surface area (Å²) in [4.78, 5) is 0.458. The number of alkyl halides is 1. The van der Waals surface area contributed by atoms with Crippen LogP contribution < -0.4 is 0 Å². The van der Waals surface area contributed by atoms with Gasteiger partial charge in [-0.05, 0) is 29.7 Å². The lowest BCUT2D eigenvalue weighted by Crippen LogP contribution is -1.95. The van der Waals surface area contributed by atoms with Gasteiger partial charge in [0.1, 0.15) is 17.5 Å². The molecule has 1 aromatic heterocycles. The molecular weight excluding hydrogens is 349 g/mol. The summed E-state index contributed by atoms with van der Waals surface area (Å²) in [6.45, 7) is 0. The Morgan fingerprint density at radius 3 is 2.35 bits per heavy atom. The molecular formula is C15H8BrF3S. The minimum absolute atomic E-state index is 0.301. The number of hydrogen-bond donors (Lipinski definition) is 0. The zero-order valence-corrected chi connectivity index (χ0v) is 12.4. The Balaban J connectivity index is 2.05. The minimum atomic E-state index is -0.607. The van der Waals surface area contributed by atoms with Crippen LogP contribution in [0.25, 0.3) is 10.1 Å². The second-order valence-electron chi connectivity index (χ2n) is 4.36. The van der Waals surface area contributed by atoms with E-state index in [2.05, 4.69) is 15.9 Å². The van der Waals surface area contributed by atoms with E-state index < -0.39 is 11.6 Å². The molecule has 1 unspecified atom stereocenters. The number of fused-ring (bicyclic) bond motifs is 1. The highest BCUT2D eigenvalue weighted by Crippen LogP contribution is 2.39. The predicted molar refractivity (Wildman–Crippen MR) is 78.9 cm³/mol. The normalized spacial score (nSPS) is 12.8. The predicted octanol–water partition coefficient (Wildman–Crippen LogP) is 5.80. The van der Waals surface area contributed by atoms with E-state index in [1.54, 1.807) is 6.07 Å². The van der Waals surface area contributed by atoms with Crippen molar-refractivity contribution in [2.45, 2.75) is 4.83 Å². The fourth-order valence-electron chi connectivity index (χ4n) is 2.01. The second-order valence-corrected chi connectivity index (χ2v) is 6.39. The Morgan fingerprint density at radius 2 is 1.60 bits per heavy atom. The summed E-state index contributed by atoms with van der Waals surface area (Å²) < 4.78 is 40.7. The molecule has 2 aromatic carbocycles. The van der Waals surface area contributed by atoms with Crippen molar-refractivity contribution in [1.29, 1.82) is 0 Å². The molecule has 1 heterocycles. The van der Waals surface area contributed by atoms with Crippen molar-refractivity contribution in [3.8, 4) is 0 Å². The van der Waals surface area contributed by atoms with E-state index in [-0.39, 0.29) is 10.6 Å². The van der Waals surface area contributed by atoms with Crippen LogP contribution in [0.4, 0.5) is 13.2 Å². The zero-order chi connectivity index (χ0) is 14.3. The first-order valence-corrected chi connectivity index (χ1v) is 7.56. The Labute approximate surface area is 126 Å². The maximum atomic E-state index is 13.8. The Morgan fingerprint density at radius 1 is 0.900 bits per heavy atom. The molecule has 0 bridgehead atoms. The van der Waals surface area contributed by atoms with Gasteiger partial charge >= 0.3 is 0 Å². The summed E-state index contributed by atoms with van der Waals surface area (Å²) in [5, 5.41) is 0.901. The van der Waals surface area contributed by atoms with Crippen LogP contribution in [0.5, 0.6) is 0 Å². The first kappa shape index (κ1) is 13.6. The number of thiophene rings is 1. The number of halogens is 4. The van der Waals surface area contributed by atoms with Crippen LogP contribution in [0.15, 0.2) is 42.5 Å². The van der Waals surface area contributed by atoms with E-state index in [4.69, 9.17) is 0 Å². The van der Waals surface area contributed by atoms with Gasteiger partial charge in [0.15, 0.2) is 0 Å². The van der Waals surface area contributed by atoms with Crippen molar-refractivity contribution in [2.24, 2.45) is 0 Å². The fourth-order valence-corrected chi connectivity index (χ4v) is 3.88. The average Bonchev–Trinajstić information content (AvgIpc) is 2.81. The van der Waals surface area contributed by atoms with Crippen LogP contribution >= 0.6 is 27.3 Å². The smallest absolute Gasteiger partial charge is 0.130 e. The van der Waals surface area contributed by atoms with Gasteiger partial charge in [0.05, 0.1) is 4.83 Å². The van der Waals surface area contributed by atoms with Gasteiger partial charge in [0.2, 0.25) is 0 Å². The number of hydrogen-bond acceptors (Lipinski definition) is 1. The average molecular weight is 357 g/mol. The van der Waals surface area contributed by atoms with Gasteiger partial charge in [-0.3, -0.25) is 0 Å². The maximum Gasteiger partial charge on any atom is 0.130 e. The molecule has 0 aliphatic rings. The van der Waals surface area contributed by atoms with E-state index >= 15 is 0 Å². The van der Waals surface area contributed by atoms with Crippen LogP contribution in [-0.4, -0.2) is 0 Å². The molecule has 0 fully saturated rings. The molecule has 0 aliphatic carbocycles. The molecule has 0 amide bonds. The van der Waals surface area contributed by atoms with Gasteiger partial charge in [-0.25, -0.2) is 13.2 Å². The zero-order valence-electron chi connectivity index (χ0n) is 10.0. The second kappa shape index (κ2) is 5.22. The maximum absolute atomic E-state index is 13.8. The largest absolute Gasteiger partial charge is 0.207 e. The molecule has 5 heteroatoms. The molecule has 0 nitrogen and oxygen atoms in total. The Hall–Kier alpha value is -1.33. The lowest BCUT2D eigenvalue weighted by molar-refractivity contribution is 0.574. The van der Waals surface area contributed by atoms with Crippen LogP contribution in [0.2, 0.25) is 0 Å². The van der Waals surface area contributed by atoms with Crippen LogP contribution in [0.1, 0.15) is 15.3 Å². The molecule has 3 rings (SSSR count). The third-order valence-corrected chi connectivity index (χ3v) is 5.44. The number of benzene rings is 2. The van der Waals surface area contributed by atoms with Crippen molar-refractivity contribution in [3.05, 3.63) is 70.4 Å². The molecule has 3 aromatic rings. The highest BCUT2D eigenvalue weighted by Gasteiger charge is 2.18. The van der Waals surface area contributed by atoms with E-state index in [1.165, 1.54) is 35.6 Å². The van der Waals surface area contributed by atoms with Crippen molar-refractivity contribution in [2.75, 3.05) is 0 Å². The lowest BCUT2D eigenvalue weighted by atomic mass is 10.1. The van der Waals surface area contributed by atoms with Crippen LogP contribution in [0.3, 0.4) is 0 Å². The SMILES string of the molecule is Fc1ccc(C(Br)c2cc3ccc(F)cc3s2)c(F)c1. The highest BCUT2D eigenvalue weighted by molar-refractivity contribution is 9.09. The van der Waals surface area contributed by atoms with Gasteiger partial charge in [-0.1, -0.05) is 28.1 Å². The molecule has 0 spiro atoms. The summed E-state index contributed by atoms with van der Waals surface area (Å²) in [5.74, 6) is -1.51. The van der Waals surface area contributed by atoms with E-state index in [9.17, 15) is 13.2 Å². The van der Waals surface area contributed by atoms with E-state index in [0.717, 1.165) is 21.0 Å². The molecule has 1 atom stereocenters. The summed E-state index contributed by atoms with van der Waals surface area (Å²) in [6, 6.07) is 9.89. The molecule has 0 saturated heterocycles. The molecule has 0 radical (unpaired) electrons. The first-order valence-electron chi connectivity index (χ1n) is 5.82. The minimum Gasteiger partial charge on any atom is -0.207 e. The molecule has 102 valence electrons. The summed E-state index contributed by atoms with van der Waals surface area (Å²) in [7, 11) is 0. The third-order valence-electron chi connectivity index (χ3n) is 2.99. The van der Waals surface area contributed by atoms with Crippen LogP contribution in [0, 0.1) is 17.5 Å². The van der Waals surface area contributed by atoms with Gasteiger partial charge in [-0.2, -0.15) is 0 Å². The highest BCUT2D eigenvalue weighted by atomic mass is 79.9. The van der Waals surface area contributed by atoms with E-state index in [1.807, 2.05) is 6.07 Å². The van der Waals surface area contributed by atoms with Gasteiger partial charge in [0.25, 0.3) is 0 Å². The summed E-state index contributed by atoms with van der Waals surface area (Å²) in [5.41, 5.74) is 0.360. The monoisotopic (exact) mass is 356 g/mol. The summed E-state index contributed by atoms with van der Waals surface area (Å²) >= 11 is 4.80. The van der Waals surface area contributed by atoms with Crippen molar-refractivity contribution >= 4 is 37.4 Å². The molecule has 0 saturated carbocycles. The topological polar surface area (TPSA) is 0 Å². The van der Waals surface area contributed by atoms with Gasteiger partial charge in [0, 0.05) is 21.2 Å². The fraction of sp³-hybridized carbons (Fsp3) is 0.0667. The first-order chi connectivity index (χ1) is 9.54. The van der Waals surface area contributed by atoms with Crippen molar-refractivity contribution in [3.63, 3.8) is 0 Å².